The zero-order valence-electron chi connectivity index (χ0n) is 17.2. The molecule has 0 bridgehead atoms. The second-order valence-electron chi connectivity index (χ2n) is 7.57. The molecule has 11 heteroatoms. The summed E-state index contributed by atoms with van der Waals surface area (Å²) >= 11 is 13.2. The summed E-state index contributed by atoms with van der Waals surface area (Å²) in [5.41, 5.74) is 1.84. The highest BCUT2D eigenvalue weighted by molar-refractivity contribution is 7.94. The Morgan fingerprint density at radius 2 is 1.91 bits per heavy atom. The van der Waals surface area contributed by atoms with E-state index in [2.05, 4.69) is 4.98 Å². The number of halogens is 2. The predicted molar refractivity (Wildman–Crippen MR) is 132 cm³/mol. The summed E-state index contributed by atoms with van der Waals surface area (Å²) in [7, 11) is -3.76. The van der Waals surface area contributed by atoms with Gasteiger partial charge in [-0.15, -0.1) is 11.3 Å². The van der Waals surface area contributed by atoms with E-state index in [-0.39, 0.29) is 21.2 Å². The number of sulfone groups is 1. The largest absolute Gasteiger partial charge is 0.443 e. The van der Waals surface area contributed by atoms with Crippen LogP contribution in [0.25, 0.3) is 27.6 Å². The van der Waals surface area contributed by atoms with E-state index < -0.39 is 21.4 Å². The molecule has 3 heterocycles. The summed E-state index contributed by atoms with van der Waals surface area (Å²) < 4.78 is 31.9. The maximum atomic E-state index is 13.1. The molecule has 0 atom stereocenters. The maximum absolute atomic E-state index is 13.1. The van der Waals surface area contributed by atoms with E-state index in [0.29, 0.717) is 37.5 Å². The minimum atomic E-state index is -3.76. The number of hydrogen-bond acceptors (Lipinski definition) is 7. The van der Waals surface area contributed by atoms with Gasteiger partial charge in [0.25, 0.3) is 5.56 Å². The highest BCUT2D eigenvalue weighted by atomic mass is 35.5. The molecule has 172 valence electrons. The van der Waals surface area contributed by atoms with E-state index >= 15 is 0 Å². The molecule has 0 aliphatic rings. The quantitative estimate of drug-likeness (QED) is 0.302. The first-order chi connectivity index (χ1) is 16.2. The summed E-state index contributed by atoms with van der Waals surface area (Å²) in [6, 6.07) is 12.9. The molecule has 3 aromatic heterocycles. The number of ketones is 1. The average Bonchev–Trinajstić information content (AvgIpc) is 3.42. The smallest absolute Gasteiger partial charge is 0.263 e. The normalized spacial score (nSPS) is 11.9. The molecule has 5 rings (SSSR count). The minimum Gasteiger partial charge on any atom is -0.443 e. The number of carbonyl (C=O) groups excluding carboxylic acids is 1. The van der Waals surface area contributed by atoms with Crippen molar-refractivity contribution < 1.29 is 17.6 Å². The van der Waals surface area contributed by atoms with Crippen LogP contribution in [0.15, 0.2) is 74.5 Å². The van der Waals surface area contributed by atoms with E-state index in [1.807, 2.05) is 0 Å². The van der Waals surface area contributed by atoms with E-state index in [1.54, 1.807) is 42.6 Å². The monoisotopic (exact) mass is 532 g/mol. The predicted octanol–water partition coefficient (Wildman–Crippen LogP) is 5.09. The third-order valence-corrected chi connectivity index (χ3v) is 9.03. The van der Waals surface area contributed by atoms with E-state index in [9.17, 15) is 18.0 Å². The van der Waals surface area contributed by atoms with Crippen molar-refractivity contribution in [2.75, 3.05) is 5.75 Å². The van der Waals surface area contributed by atoms with Gasteiger partial charge in [-0.05, 0) is 53.4 Å². The second kappa shape index (κ2) is 8.66. The van der Waals surface area contributed by atoms with Gasteiger partial charge in [0.15, 0.2) is 27.6 Å². The van der Waals surface area contributed by atoms with Crippen molar-refractivity contribution in [2.24, 2.45) is 0 Å². The van der Waals surface area contributed by atoms with Crippen molar-refractivity contribution in [2.45, 2.75) is 10.6 Å². The fourth-order valence-electron chi connectivity index (χ4n) is 3.67. The van der Waals surface area contributed by atoms with Crippen LogP contribution in [0.1, 0.15) is 5.56 Å². The van der Waals surface area contributed by atoms with Crippen LogP contribution < -0.4 is 5.56 Å². The van der Waals surface area contributed by atoms with Crippen molar-refractivity contribution in [3.8, 4) is 5.69 Å². The fourth-order valence-corrected chi connectivity index (χ4v) is 6.77. The molecule has 0 saturated heterocycles. The van der Waals surface area contributed by atoms with E-state index in [4.69, 9.17) is 27.6 Å². The van der Waals surface area contributed by atoms with E-state index in [1.165, 1.54) is 23.1 Å². The van der Waals surface area contributed by atoms with Crippen LogP contribution in [-0.4, -0.2) is 29.5 Å². The highest BCUT2D eigenvalue weighted by Crippen LogP contribution is 2.27. The van der Waals surface area contributed by atoms with Gasteiger partial charge in [-0.3, -0.25) is 14.2 Å². The average molecular weight is 533 g/mol. The van der Waals surface area contributed by atoms with Gasteiger partial charge < -0.3 is 4.42 Å². The lowest BCUT2D eigenvalue weighted by Crippen LogP contribution is -2.19. The van der Waals surface area contributed by atoms with Gasteiger partial charge in [0.1, 0.15) is 15.5 Å². The number of hydrogen-bond donors (Lipinski definition) is 0. The molecule has 0 amide bonds. The lowest BCUT2D eigenvalue weighted by atomic mass is 10.1. The molecule has 0 unspecified atom stereocenters. The Morgan fingerprint density at radius 1 is 1.09 bits per heavy atom. The highest BCUT2D eigenvalue weighted by Gasteiger charge is 2.22. The summed E-state index contributed by atoms with van der Waals surface area (Å²) in [6.45, 7) is 0. The maximum Gasteiger partial charge on any atom is 0.263 e. The summed E-state index contributed by atoms with van der Waals surface area (Å²) in [6.07, 6.45) is 2.82. The van der Waals surface area contributed by atoms with Crippen LogP contribution in [0.5, 0.6) is 0 Å². The molecule has 34 heavy (non-hydrogen) atoms. The van der Waals surface area contributed by atoms with Crippen molar-refractivity contribution in [1.29, 1.82) is 0 Å². The Balaban J connectivity index is 1.41. The number of fused-ring (bicyclic) bond motifs is 2. The SMILES string of the molecule is O=C(Cc1ccc(-n2ccc3cc4ncoc4cc3c2=O)c(Cl)c1)CS(=O)(=O)c1ccc(Cl)s1. The van der Waals surface area contributed by atoms with Gasteiger partial charge in [0, 0.05) is 12.6 Å². The third kappa shape index (κ3) is 4.27. The number of carbonyl (C=O) groups is 1. The first-order valence-corrected chi connectivity index (χ1v) is 13.1. The Hall–Kier alpha value is -2.98. The summed E-state index contributed by atoms with van der Waals surface area (Å²) in [4.78, 5) is 29.7. The first-order valence-electron chi connectivity index (χ1n) is 9.88. The number of benzene rings is 2. The molecule has 0 radical (unpaired) electrons. The number of oxazole rings is 1. The fraction of sp³-hybridized carbons (Fsp3) is 0.0870. The van der Waals surface area contributed by atoms with Crippen molar-refractivity contribution in [3.63, 3.8) is 0 Å². The van der Waals surface area contributed by atoms with Crippen LogP contribution >= 0.6 is 34.5 Å². The molecular formula is C23H14Cl2N2O5S2. The van der Waals surface area contributed by atoms with Crippen molar-refractivity contribution in [3.05, 3.63) is 86.4 Å². The van der Waals surface area contributed by atoms with Gasteiger partial charge in [0.2, 0.25) is 0 Å². The zero-order valence-corrected chi connectivity index (χ0v) is 20.3. The first kappa shape index (κ1) is 22.8. The topological polar surface area (TPSA) is 99.2 Å². The molecule has 0 aliphatic carbocycles. The van der Waals surface area contributed by atoms with Crippen molar-refractivity contribution >= 4 is 72.0 Å². The van der Waals surface area contributed by atoms with Gasteiger partial charge >= 0.3 is 0 Å². The van der Waals surface area contributed by atoms with E-state index in [0.717, 1.165) is 11.3 Å². The molecular weight excluding hydrogens is 519 g/mol. The van der Waals surface area contributed by atoms with Gasteiger partial charge in [-0.1, -0.05) is 29.3 Å². The van der Waals surface area contributed by atoms with Gasteiger partial charge in [-0.2, -0.15) is 0 Å². The lowest BCUT2D eigenvalue weighted by Gasteiger charge is -2.11. The minimum absolute atomic E-state index is 0.0533. The molecule has 0 fully saturated rings. The molecule has 5 aromatic rings. The van der Waals surface area contributed by atoms with Crippen LogP contribution in [0.2, 0.25) is 9.36 Å². The Bertz CT molecular complexity index is 1750. The van der Waals surface area contributed by atoms with Crippen LogP contribution in [0.3, 0.4) is 0 Å². The molecule has 7 nitrogen and oxygen atoms in total. The number of thiophene rings is 1. The summed E-state index contributed by atoms with van der Waals surface area (Å²) in [5.74, 6) is -1.11. The molecule has 2 aromatic carbocycles. The van der Waals surface area contributed by atoms with Crippen LogP contribution in [-0.2, 0) is 21.1 Å². The second-order valence-corrected chi connectivity index (χ2v) is 11.9. The number of nitrogens with zero attached hydrogens (tertiary/aromatic N) is 2. The lowest BCUT2D eigenvalue weighted by molar-refractivity contribution is -0.116. The summed E-state index contributed by atoms with van der Waals surface area (Å²) in [5, 5.41) is 1.41. The Morgan fingerprint density at radius 3 is 2.65 bits per heavy atom. The number of Topliss-reactive ketones (excluding diaryl/α,β-unsaturated/α-hetero) is 1. The number of rotatable bonds is 6. The van der Waals surface area contributed by atoms with Gasteiger partial charge in [0.05, 0.1) is 20.4 Å². The molecule has 0 saturated carbocycles. The van der Waals surface area contributed by atoms with Gasteiger partial charge in [-0.25, -0.2) is 13.4 Å². The standard InChI is InChI=1S/C23H14Cl2N2O5S2/c24-17-8-13(7-15(28)11-34(30,31)22-4-3-21(25)33-22)1-2-19(17)27-6-5-14-9-18-20(32-12-26-18)10-16(14)23(27)29/h1-6,8-10,12H,7,11H2. The zero-order chi connectivity index (χ0) is 24.0. The Kier molecular flexibility index (Phi) is 5.81. The van der Waals surface area contributed by atoms with Crippen molar-refractivity contribution in [1.82, 2.24) is 9.55 Å². The molecule has 0 N–H and O–H groups in total. The molecule has 0 spiro atoms. The van der Waals surface area contributed by atoms with Crippen LogP contribution in [0, 0.1) is 0 Å². The number of pyridine rings is 1. The Labute approximate surface area is 207 Å². The number of aromatic nitrogens is 2. The molecule has 0 aliphatic heterocycles. The van der Waals surface area contributed by atoms with Crippen LogP contribution in [0.4, 0.5) is 0 Å². The third-order valence-electron chi connectivity index (χ3n) is 5.23.